The van der Waals surface area contributed by atoms with Gasteiger partial charge >= 0.3 is 0 Å². The summed E-state index contributed by atoms with van der Waals surface area (Å²) in [4.78, 5) is 0. The minimum Gasteiger partial charge on any atom is -0.103 e. The summed E-state index contributed by atoms with van der Waals surface area (Å²) >= 11 is 0. The lowest BCUT2D eigenvalue weighted by Crippen LogP contribution is -1.85. The molecule has 0 unspecified atom stereocenters. The summed E-state index contributed by atoms with van der Waals surface area (Å²) in [7, 11) is 0. The average molecular weight is 531 g/mol. The maximum Gasteiger partial charge on any atom is -0.0353 e. The van der Waals surface area contributed by atoms with Gasteiger partial charge in [0.05, 0.1) is 0 Å². The van der Waals surface area contributed by atoms with E-state index in [9.17, 15) is 0 Å². The highest BCUT2D eigenvalue weighted by Crippen LogP contribution is 2.17. The monoisotopic (exact) mass is 531 g/mol. The van der Waals surface area contributed by atoms with E-state index >= 15 is 0 Å². The fourth-order valence-electron chi connectivity index (χ4n) is 5.88. The lowest BCUT2D eigenvalue weighted by molar-refractivity contribution is 0.512. The number of unbranched alkanes of at least 4 members (excludes halogenated alkanes) is 33. The molecule has 0 aromatic rings. The van der Waals surface area contributed by atoms with Crippen LogP contribution < -0.4 is 0 Å². The van der Waals surface area contributed by atoms with Crippen LogP contribution in [0.25, 0.3) is 0 Å². The van der Waals surface area contributed by atoms with Crippen molar-refractivity contribution in [2.24, 2.45) is 0 Å². The Labute approximate surface area is 243 Å². The first-order valence-electron chi connectivity index (χ1n) is 18.1. The molecule has 0 amide bonds. The summed E-state index contributed by atoms with van der Waals surface area (Å²) in [6, 6.07) is 0. The summed E-state index contributed by atoms with van der Waals surface area (Å²) in [5.41, 5.74) is 0. The van der Waals surface area contributed by atoms with Crippen LogP contribution in [0.2, 0.25) is 0 Å². The topological polar surface area (TPSA) is 0 Å². The normalized spacial score (nSPS) is 11.3. The van der Waals surface area contributed by atoms with Crippen molar-refractivity contribution in [3.05, 3.63) is 25.3 Å². The van der Waals surface area contributed by atoms with E-state index in [0.717, 1.165) is 0 Å². The second kappa shape index (κ2) is 36.5. The number of allylic oxidation sites excluding steroid dienone is 2. The van der Waals surface area contributed by atoms with E-state index in [-0.39, 0.29) is 0 Å². The van der Waals surface area contributed by atoms with Gasteiger partial charge in [0.2, 0.25) is 0 Å². The molecule has 0 rings (SSSR count). The first-order chi connectivity index (χ1) is 18.9. The van der Waals surface area contributed by atoms with Gasteiger partial charge in [0.1, 0.15) is 0 Å². The predicted octanol–water partition coefficient (Wildman–Crippen LogP) is 14.6. The van der Waals surface area contributed by atoms with Gasteiger partial charge in [-0.15, -0.1) is 13.2 Å². The van der Waals surface area contributed by atoms with Crippen LogP contribution in [0.15, 0.2) is 25.3 Å². The van der Waals surface area contributed by atoms with E-state index in [1.165, 1.54) is 218 Å². The van der Waals surface area contributed by atoms with E-state index in [2.05, 4.69) is 25.3 Å². The Morgan fingerprint density at radius 2 is 0.289 bits per heavy atom. The van der Waals surface area contributed by atoms with Gasteiger partial charge in [-0.2, -0.15) is 0 Å². The summed E-state index contributed by atoms with van der Waals surface area (Å²) in [5.74, 6) is 0. The van der Waals surface area contributed by atoms with Gasteiger partial charge in [-0.1, -0.05) is 205 Å². The maximum absolute atomic E-state index is 3.80. The van der Waals surface area contributed by atoms with Gasteiger partial charge in [-0.3, -0.25) is 0 Å². The van der Waals surface area contributed by atoms with Gasteiger partial charge in [0, 0.05) is 0 Å². The number of rotatable bonds is 35. The van der Waals surface area contributed by atoms with E-state index < -0.39 is 0 Å². The third-order valence-electron chi connectivity index (χ3n) is 8.57. The van der Waals surface area contributed by atoms with Gasteiger partial charge in [-0.25, -0.2) is 0 Å². The standard InChI is InChI=1S/C38H74/c1-3-5-7-9-11-13-15-17-19-21-23-25-27-29-31-33-35-37-38-36-34-32-30-28-26-24-22-20-18-16-14-12-10-8-6-4-2/h3-4H,1-2,5-38H2. The van der Waals surface area contributed by atoms with Crippen LogP contribution in [-0.4, -0.2) is 0 Å². The van der Waals surface area contributed by atoms with Crippen LogP contribution in [0, 0.1) is 0 Å². The quantitative estimate of drug-likeness (QED) is 0.0564. The van der Waals surface area contributed by atoms with E-state index in [0.29, 0.717) is 0 Å². The van der Waals surface area contributed by atoms with E-state index in [1.54, 1.807) is 0 Å². The molecule has 0 radical (unpaired) electrons. The van der Waals surface area contributed by atoms with Crippen LogP contribution in [-0.2, 0) is 0 Å². The lowest BCUT2D eigenvalue weighted by atomic mass is 10.0. The fraction of sp³-hybridized carbons (Fsp3) is 0.895. The van der Waals surface area contributed by atoms with Gasteiger partial charge in [0.15, 0.2) is 0 Å². The van der Waals surface area contributed by atoms with Crippen molar-refractivity contribution in [1.29, 1.82) is 0 Å². The predicted molar refractivity (Wildman–Crippen MR) is 177 cm³/mol. The Morgan fingerprint density at radius 1 is 0.184 bits per heavy atom. The van der Waals surface area contributed by atoms with Crippen molar-refractivity contribution >= 4 is 0 Å². The van der Waals surface area contributed by atoms with Crippen LogP contribution >= 0.6 is 0 Å². The zero-order chi connectivity index (χ0) is 27.5. The smallest absolute Gasteiger partial charge is 0.0353 e. The Bertz CT molecular complexity index is 382. The molecule has 0 aliphatic rings. The molecule has 0 saturated heterocycles. The second-order valence-electron chi connectivity index (χ2n) is 12.5. The van der Waals surface area contributed by atoms with Crippen LogP contribution in [0.5, 0.6) is 0 Å². The molecule has 0 spiro atoms. The first kappa shape index (κ1) is 37.5. The summed E-state index contributed by atoms with van der Waals surface area (Å²) in [5, 5.41) is 0. The molecule has 0 bridgehead atoms. The zero-order valence-corrected chi connectivity index (χ0v) is 26.6. The molecule has 0 aliphatic carbocycles. The molecule has 0 fully saturated rings. The van der Waals surface area contributed by atoms with Gasteiger partial charge in [-0.05, 0) is 25.7 Å². The minimum atomic E-state index is 1.21. The van der Waals surface area contributed by atoms with Gasteiger partial charge in [0.25, 0.3) is 0 Å². The molecule has 0 aliphatic heterocycles. The Hall–Kier alpha value is -0.520. The summed E-state index contributed by atoms with van der Waals surface area (Å²) in [6.45, 7) is 7.60. The number of hydrogen-bond acceptors (Lipinski definition) is 0. The Balaban J connectivity index is 3.02. The largest absolute Gasteiger partial charge is 0.103 e. The fourth-order valence-corrected chi connectivity index (χ4v) is 5.88. The highest BCUT2D eigenvalue weighted by atomic mass is 14.0. The van der Waals surface area contributed by atoms with Crippen molar-refractivity contribution in [2.45, 2.75) is 218 Å². The molecule has 0 nitrogen and oxygen atoms in total. The summed E-state index contributed by atoms with van der Waals surface area (Å²) in [6.07, 6.45) is 53.4. The molecule has 0 atom stereocenters. The maximum atomic E-state index is 3.80. The van der Waals surface area contributed by atoms with Crippen LogP contribution in [0.3, 0.4) is 0 Å². The Morgan fingerprint density at radius 3 is 0.395 bits per heavy atom. The third kappa shape index (κ3) is 35.5. The second-order valence-corrected chi connectivity index (χ2v) is 12.5. The van der Waals surface area contributed by atoms with Crippen molar-refractivity contribution in [1.82, 2.24) is 0 Å². The minimum absolute atomic E-state index is 1.21. The molecule has 0 aromatic heterocycles. The Kier molecular flexibility index (Phi) is 36.0. The zero-order valence-electron chi connectivity index (χ0n) is 26.6. The molecule has 0 heteroatoms. The number of hydrogen-bond donors (Lipinski definition) is 0. The van der Waals surface area contributed by atoms with E-state index in [4.69, 9.17) is 0 Å². The molecular formula is C38H74. The van der Waals surface area contributed by atoms with Crippen LogP contribution in [0.4, 0.5) is 0 Å². The molecule has 0 aromatic carbocycles. The summed E-state index contributed by atoms with van der Waals surface area (Å²) < 4.78 is 0. The third-order valence-corrected chi connectivity index (χ3v) is 8.57. The van der Waals surface area contributed by atoms with Crippen molar-refractivity contribution < 1.29 is 0 Å². The molecule has 0 heterocycles. The highest BCUT2D eigenvalue weighted by Gasteiger charge is 1.97. The lowest BCUT2D eigenvalue weighted by Gasteiger charge is -2.05. The SMILES string of the molecule is C=CCCCCCCCCCCCCCCCCCCCCCCCCCCCCCCCCCCC=C. The molecule has 0 saturated carbocycles. The van der Waals surface area contributed by atoms with Crippen molar-refractivity contribution in [2.75, 3.05) is 0 Å². The average Bonchev–Trinajstić information content (AvgIpc) is 2.93. The van der Waals surface area contributed by atoms with Crippen molar-refractivity contribution in [3.63, 3.8) is 0 Å². The molecule has 226 valence electrons. The first-order valence-corrected chi connectivity index (χ1v) is 18.1. The van der Waals surface area contributed by atoms with Gasteiger partial charge < -0.3 is 0 Å². The molecule has 0 N–H and O–H groups in total. The molecule has 38 heavy (non-hydrogen) atoms. The highest BCUT2D eigenvalue weighted by molar-refractivity contribution is 4.66. The van der Waals surface area contributed by atoms with Crippen LogP contribution in [0.1, 0.15) is 218 Å². The van der Waals surface area contributed by atoms with E-state index in [1.807, 2.05) is 0 Å². The van der Waals surface area contributed by atoms with Crippen molar-refractivity contribution in [3.8, 4) is 0 Å². The molecular weight excluding hydrogens is 456 g/mol.